The quantitative estimate of drug-likeness (QED) is 0.321. The maximum absolute atomic E-state index is 5.12. The molecular formula is C41H61N3. The monoisotopic (exact) mass is 595 g/mol. The number of nitrogens with zero attached hydrogens (tertiary/aromatic N) is 2. The molecule has 0 amide bonds. The molecule has 1 N–H and O–H groups in total. The van der Waals surface area contributed by atoms with E-state index in [9.17, 15) is 0 Å². The van der Waals surface area contributed by atoms with Gasteiger partial charge in [0.15, 0.2) is 0 Å². The molecule has 44 heavy (non-hydrogen) atoms. The molecule has 0 radical (unpaired) electrons. The van der Waals surface area contributed by atoms with E-state index in [4.69, 9.17) is 4.99 Å². The molecule has 2 saturated carbocycles. The van der Waals surface area contributed by atoms with E-state index in [1.807, 2.05) is 11.1 Å². The first kappa shape index (κ1) is 29.9. The first-order chi connectivity index (χ1) is 21.7. The summed E-state index contributed by atoms with van der Waals surface area (Å²) in [6.45, 7) is 5.19. The van der Waals surface area contributed by atoms with Gasteiger partial charge >= 0.3 is 0 Å². The lowest BCUT2D eigenvalue weighted by Gasteiger charge is -2.53. The van der Waals surface area contributed by atoms with Crippen LogP contribution in [0.1, 0.15) is 129 Å². The number of allylic oxidation sites excluding steroid dienone is 6. The van der Waals surface area contributed by atoms with Gasteiger partial charge in [0.05, 0.1) is 6.04 Å². The average molecular weight is 596 g/mol. The number of rotatable bonds is 5. The second kappa shape index (κ2) is 13.3. The second-order valence-electron chi connectivity index (χ2n) is 16.5. The predicted octanol–water partition coefficient (Wildman–Crippen LogP) is 9.37. The van der Waals surface area contributed by atoms with Gasteiger partial charge in [-0.2, -0.15) is 0 Å². The van der Waals surface area contributed by atoms with Crippen LogP contribution in [0.5, 0.6) is 0 Å². The van der Waals surface area contributed by atoms with E-state index in [-0.39, 0.29) is 0 Å². The largest absolute Gasteiger partial charge is 0.312 e. The van der Waals surface area contributed by atoms with E-state index in [2.05, 4.69) is 47.7 Å². The van der Waals surface area contributed by atoms with E-state index < -0.39 is 0 Å². The van der Waals surface area contributed by atoms with Crippen molar-refractivity contribution in [1.82, 2.24) is 10.2 Å². The highest BCUT2D eigenvalue weighted by atomic mass is 15.2. The summed E-state index contributed by atoms with van der Waals surface area (Å²) in [4.78, 5) is 8.28. The summed E-state index contributed by atoms with van der Waals surface area (Å²) >= 11 is 0. The van der Waals surface area contributed by atoms with Crippen LogP contribution in [0.2, 0.25) is 0 Å². The minimum atomic E-state index is 0.548. The van der Waals surface area contributed by atoms with Crippen LogP contribution in [0.3, 0.4) is 0 Å². The molecule has 1 saturated heterocycles. The van der Waals surface area contributed by atoms with Gasteiger partial charge in [-0.05, 0) is 169 Å². The lowest BCUT2D eigenvalue weighted by Crippen LogP contribution is -2.55. The van der Waals surface area contributed by atoms with Gasteiger partial charge in [-0.1, -0.05) is 48.8 Å². The van der Waals surface area contributed by atoms with Crippen molar-refractivity contribution in [3.8, 4) is 0 Å². The third-order valence-corrected chi connectivity index (χ3v) is 14.2. The Kier molecular flexibility index (Phi) is 9.07. The normalized spacial score (nSPS) is 44.9. The van der Waals surface area contributed by atoms with Crippen molar-refractivity contribution in [3.63, 3.8) is 0 Å². The Morgan fingerprint density at radius 2 is 1.73 bits per heavy atom. The Morgan fingerprint density at radius 1 is 0.818 bits per heavy atom. The van der Waals surface area contributed by atoms with Crippen molar-refractivity contribution >= 4 is 6.21 Å². The highest BCUT2D eigenvalue weighted by Gasteiger charge is 2.47. The van der Waals surface area contributed by atoms with Crippen molar-refractivity contribution in [3.05, 3.63) is 46.6 Å². The zero-order valence-corrected chi connectivity index (χ0v) is 27.9. The average Bonchev–Trinajstić information content (AvgIpc) is 3.54. The predicted molar refractivity (Wildman–Crippen MR) is 185 cm³/mol. The molecule has 3 heteroatoms. The first-order valence-corrected chi connectivity index (χ1v) is 19.5. The number of hydrogen-bond acceptors (Lipinski definition) is 3. The summed E-state index contributed by atoms with van der Waals surface area (Å²) < 4.78 is 0. The number of aliphatic imine (C=N–C) groups is 1. The smallest absolute Gasteiger partial charge is 0.0655 e. The fourth-order valence-corrected chi connectivity index (χ4v) is 11.6. The summed E-state index contributed by atoms with van der Waals surface area (Å²) in [6, 6.07) is 2.59. The third-order valence-electron chi connectivity index (χ3n) is 14.2. The standard InChI is InChI=1S/C41H61N3/c1-28-35-17-8-9-18-37(35)38(32-14-10-13-30(23-32)29-11-4-2-5-12-29)27-44(34-15-6-3-7-16-34)41-25-31(19-20-36(28)41)33-24-40(43-26-33)39-21-22-42-39/h6,11,13,15,26,28,31-36,39-42H,2-5,7-10,12,14,16-25,27H2,1H3/b38-37+. The van der Waals surface area contributed by atoms with E-state index in [1.54, 1.807) is 11.1 Å². The van der Waals surface area contributed by atoms with Gasteiger partial charge in [0.2, 0.25) is 0 Å². The Labute approximate surface area is 269 Å². The van der Waals surface area contributed by atoms with Crippen LogP contribution in [-0.2, 0) is 0 Å². The zero-order valence-electron chi connectivity index (χ0n) is 27.9. The second-order valence-corrected chi connectivity index (χ2v) is 16.5. The van der Waals surface area contributed by atoms with Crippen molar-refractivity contribution in [2.75, 3.05) is 13.1 Å². The molecule has 3 heterocycles. The lowest BCUT2D eigenvalue weighted by molar-refractivity contribution is 0.00919. The van der Waals surface area contributed by atoms with Crippen molar-refractivity contribution in [2.24, 2.45) is 40.5 Å². The Bertz CT molecular complexity index is 1180. The van der Waals surface area contributed by atoms with E-state index in [0.717, 1.165) is 35.6 Å². The van der Waals surface area contributed by atoms with E-state index in [1.165, 1.54) is 135 Å². The SMILES string of the molecule is CC1C2CCCC/C2=C(\C2CCC=C(C3=CCCCC3)C2)CN(C2C=CCCC2)C2CC(C3C=NC(C4CCN4)C3)CCC12. The molecular weight excluding hydrogens is 534 g/mol. The lowest BCUT2D eigenvalue weighted by atomic mass is 9.60. The first-order valence-electron chi connectivity index (χ1n) is 19.5. The number of hydrogen-bond donors (Lipinski definition) is 1. The zero-order chi connectivity index (χ0) is 29.5. The highest BCUT2D eigenvalue weighted by Crippen LogP contribution is 2.52. The minimum Gasteiger partial charge on any atom is -0.312 e. The molecule has 8 aliphatic rings. The minimum absolute atomic E-state index is 0.548. The van der Waals surface area contributed by atoms with Gasteiger partial charge < -0.3 is 5.32 Å². The topological polar surface area (TPSA) is 27.6 Å². The Morgan fingerprint density at radius 3 is 2.55 bits per heavy atom. The number of fused-ring (bicyclic) bond motifs is 2. The van der Waals surface area contributed by atoms with Crippen LogP contribution in [0.4, 0.5) is 0 Å². The van der Waals surface area contributed by atoms with Crippen LogP contribution in [-0.4, -0.2) is 48.4 Å². The highest BCUT2D eigenvalue weighted by molar-refractivity contribution is 5.64. The van der Waals surface area contributed by atoms with E-state index in [0.29, 0.717) is 24.0 Å². The van der Waals surface area contributed by atoms with Gasteiger partial charge in [-0.3, -0.25) is 9.89 Å². The van der Waals surface area contributed by atoms with Crippen LogP contribution in [0.15, 0.2) is 51.6 Å². The molecule has 10 atom stereocenters. The molecule has 10 unspecified atom stereocenters. The summed E-state index contributed by atoms with van der Waals surface area (Å²) in [5, 5.41) is 3.67. The summed E-state index contributed by atoms with van der Waals surface area (Å²) in [6.07, 6.45) is 39.1. The molecule has 3 nitrogen and oxygen atoms in total. The van der Waals surface area contributed by atoms with Crippen LogP contribution in [0.25, 0.3) is 0 Å². The molecule has 0 spiro atoms. The molecule has 3 aliphatic heterocycles. The van der Waals surface area contributed by atoms with Crippen molar-refractivity contribution < 1.29 is 0 Å². The maximum Gasteiger partial charge on any atom is 0.0655 e. The summed E-state index contributed by atoms with van der Waals surface area (Å²) in [7, 11) is 0. The van der Waals surface area contributed by atoms with Crippen molar-refractivity contribution in [1.29, 1.82) is 0 Å². The van der Waals surface area contributed by atoms with Crippen LogP contribution >= 0.6 is 0 Å². The van der Waals surface area contributed by atoms with Gasteiger partial charge in [-0.15, -0.1) is 0 Å². The van der Waals surface area contributed by atoms with Crippen LogP contribution in [0, 0.1) is 35.5 Å². The Balaban J connectivity index is 1.11. The molecule has 0 aromatic heterocycles. The molecule has 0 bridgehead atoms. The van der Waals surface area contributed by atoms with Gasteiger partial charge in [0.1, 0.15) is 0 Å². The molecule has 0 aromatic carbocycles. The molecule has 5 aliphatic carbocycles. The van der Waals surface area contributed by atoms with Crippen molar-refractivity contribution in [2.45, 2.75) is 153 Å². The number of nitrogens with one attached hydrogen (secondary N) is 1. The summed E-state index contributed by atoms with van der Waals surface area (Å²) in [5.74, 6) is 4.83. The third kappa shape index (κ3) is 5.92. The molecule has 3 fully saturated rings. The fourth-order valence-electron chi connectivity index (χ4n) is 11.6. The van der Waals surface area contributed by atoms with Crippen LogP contribution < -0.4 is 5.32 Å². The van der Waals surface area contributed by atoms with Gasteiger partial charge in [0.25, 0.3) is 0 Å². The maximum atomic E-state index is 5.12. The Hall–Kier alpha value is -1.45. The summed E-state index contributed by atoms with van der Waals surface area (Å²) in [5.41, 5.74) is 7.38. The fraction of sp³-hybridized carbons (Fsp3) is 0.780. The van der Waals surface area contributed by atoms with Gasteiger partial charge in [0, 0.05) is 30.9 Å². The molecule has 240 valence electrons. The molecule has 0 aromatic rings. The van der Waals surface area contributed by atoms with E-state index >= 15 is 0 Å². The molecule has 8 rings (SSSR count). The van der Waals surface area contributed by atoms with Gasteiger partial charge in [-0.25, -0.2) is 0 Å².